The van der Waals surface area contributed by atoms with Gasteiger partial charge in [0.05, 0.1) is 6.04 Å². The van der Waals surface area contributed by atoms with Crippen molar-refractivity contribution >= 4 is 23.5 Å². The number of benzene rings is 2. The quantitative estimate of drug-likeness (QED) is 0.666. The van der Waals surface area contributed by atoms with Gasteiger partial charge >= 0.3 is 11.9 Å². The Morgan fingerprint density at radius 2 is 1.39 bits per heavy atom. The number of nitrogens with zero attached hydrogens (tertiary/aromatic N) is 1. The van der Waals surface area contributed by atoms with Gasteiger partial charge in [-0.2, -0.15) is 0 Å². The largest absolute Gasteiger partial charge is 0.478 e. The van der Waals surface area contributed by atoms with Gasteiger partial charge in [-0.05, 0) is 23.3 Å². The molecule has 0 saturated carbocycles. The molecule has 3 N–H and O–H groups in total. The van der Waals surface area contributed by atoms with E-state index in [1.165, 1.54) is 11.1 Å². The number of rotatable bonds is 5. The molecule has 3 rings (SSSR count). The average Bonchev–Trinajstić information content (AvgIpc) is 2.70. The zero-order chi connectivity index (χ0) is 20.4. The molecule has 2 aromatic carbocycles. The van der Waals surface area contributed by atoms with Gasteiger partial charge in [-0.3, -0.25) is 4.90 Å². The molecule has 28 heavy (non-hydrogen) atoms. The van der Waals surface area contributed by atoms with Crippen molar-refractivity contribution in [3.63, 3.8) is 0 Å². The summed E-state index contributed by atoms with van der Waals surface area (Å²) in [5.41, 5.74) is 2.65. The fraction of sp³-hybridized carbons (Fsp3) is 0.238. The molecule has 1 unspecified atom stereocenters. The van der Waals surface area contributed by atoms with Crippen LogP contribution in [0.25, 0.3) is 0 Å². The van der Waals surface area contributed by atoms with Gasteiger partial charge in [-0.15, -0.1) is 0 Å². The van der Waals surface area contributed by atoms with Crippen LogP contribution in [0.3, 0.4) is 0 Å². The van der Waals surface area contributed by atoms with Crippen LogP contribution in [0.1, 0.15) is 17.2 Å². The third-order valence-corrected chi connectivity index (χ3v) is 4.44. The number of aliphatic carboxylic acids is 2. The van der Waals surface area contributed by atoms with E-state index in [9.17, 15) is 9.59 Å². The Hall–Kier alpha value is -2.67. The topological polar surface area (TPSA) is 89.9 Å². The Labute approximate surface area is 169 Å². The highest BCUT2D eigenvalue weighted by atomic mass is 35.5. The second kappa shape index (κ2) is 11.2. The molecule has 0 aromatic heterocycles. The molecule has 7 heteroatoms. The molecule has 0 bridgehead atoms. The van der Waals surface area contributed by atoms with Gasteiger partial charge in [-0.1, -0.05) is 54.1 Å². The Morgan fingerprint density at radius 3 is 1.89 bits per heavy atom. The molecule has 0 aliphatic carbocycles. The number of halogens is 1. The Balaban J connectivity index is 0.000000300. The van der Waals surface area contributed by atoms with E-state index in [2.05, 4.69) is 52.7 Å². The van der Waals surface area contributed by atoms with Crippen molar-refractivity contribution in [3.8, 4) is 0 Å². The predicted octanol–water partition coefficient (Wildman–Crippen LogP) is 3.05. The second-order valence-corrected chi connectivity index (χ2v) is 6.60. The SMILES string of the molecule is Clc1ccc(C(c2ccccc2)N2CCNCC2)cc1.O=C(O)/C=C/C(=O)O. The third-order valence-electron chi connectivity index (χ3n) is 4.19. The molecule has 0 amide bonds. The van der Waals surface area contributed by atoms with E-state index in [1.54, 1.807) is 0 Å². The molecule has 0 radical (unpaired) electrons. The van der Waals surface area contributed by atoms with Gasteiger partial charge in [0, 0.05) is 43.4 Å². The Bertz CT molecular complexity index is 772. The van der Waals surface area contributed by atoms with Crippen LogP contribution in [-0.4, -0.2) is 53.2 Å². The minimum Gasteiger partial charge on any atom is -0.478 e. The summed E-state index contributed by atoms with van der Waals surface area (Å²) in [4.78, 5) is 21.6. The summed E-state index contributed by atoms with van der Waals surface area (Å²) in [6.07, 6.45) is 1.12. The first-order chi connectivity index (χ1) is 13.5. The molecule has 148 valence electrons. The maximum absolute atomic E-state index is 9.55. The van der Waals surface area contributed by atoms with Crippen molar-refractivity contribution in [2.75, 3.05) is 26.2 Å². The molecule has 1 fully saturated rings. The van der Waals surface area contributed by atoms with Gasteiger partial charge in [0.1, 0.15) is 0 Å². The van der Waals surface area contributed by atoms with Crippen LogP contribution in [0, 0.1) is 0 Å². The molecular weight excluding hydrogens is 380 g/mol. The molecule has 6 nitrogen and oxygen atoms in total. The monoisotopic (exact) mass is 402 g/mol. The lowest BCUT2D eigenvalue weighted by Crippen LogP contribution is -2.45. The lowest BCUT2D eigenvalue weighted by Gasteiger charge is -2.35. The maximum atomic E-state index is 9.55. The van der Waals surface area contributed by atoms with E-state index >= 15 is 0 Å². The molecule has 0 spiro atoms. The highest BCUT2D eigenvalue weighted by Crippen LogP contribution is 2.29. The minimum absolute atomic E-state index is 0.315. The highest BCUT2D eigenvalue weighted by Gasteiger charge is 2.23. The Morgan fingerprint density at radius 1 is 0.893 bits per heavy atom. The summed E-state index contributed by atoms with van der Waals surface area (Å²) in [5.74, 6) is -2.51. The fourth-order valence-electron chi connectivity index (χ4n) is 2.98. The zero-order valence-electron chi connectivity index (χ0n) is 15.3. The number of carbonyl (C=O) groups is 2. The van der Waals surface area contributed by atoms with E-state index in [0.717, 1.165) is 31.2 Å². The van der Waals surface area contributed by atoms with E-state index < -0.39 is 11.9 Å². The first-order valence-corrected chi connectivity index (χ1v) is 9.24. The van der Waals surface area contributed by atoms with Gasteiger partial charge in [0.25, 0.3) is 0 Å². The van der Waals surface area contributed by atoms with E-state index in [4.69, 9.17) is 21.8 Å². The predicted molar refractivity (Wildman–Crippen MR) is 109 cm³/mol. The zero-order valence-corrected chi connectivity index (χ0v) is 16.0. The Kier molecular flexibility index (Phi) is 8.68. The summed E-state index contributed by atoms with van der Waals surface area (Å²) >= 11 is 6.02. The fourth-order valence-corrected chi connectivity index (χ4v) is 3.10. The van der Waals surface area contributed by atoms with Crippen LogP contribution in [-0.2, 0) is 9.59 Å². The number of hydrogen-bond acceptors (Lipinski definition) is 4. The minimum atomic E-state index is -1.26. The van der Waals surface area contributed by atoms with Gasteiger partial charge in [0.2, 0.25) is 0 Å². The van der Waals surface area contributed by atoms with Crippen LogP contribution >= 0.6 is 11.6 Å². The van der Waals surface area contributed by atoms with Gasteiger partial charge < -0.3 is 15.5 Å². The van der Waals surface area contributed by atoms with Crippen LogP contribution in [0.4, 0.5) is 0 Å². The van der Waals surface area contributed by atoms with Crippen molar-refractivity contribution in [1.29, 1.82) is 0 Å². The van der Waals surface area contributed by atoms with E-state index in [-0.39, 0.29) is 0 Å². The van der Waals surface area contributed by atoms with E-state index in [0.29, 0.717) is 18.2 Å². The lowest BCUT2D eigenvalue weighted by molar-refractivity contribution is -0.134. The van der Waals surface area contributed by atoms with Crippen molar-refractivity contribution in [2.24, 2.45) is 0 Å². The average molecular weight is 403 g/mol. The number of hydrogen-bond donors (Lipinski definition) is 3. The van der Waals surface area contributed by atoms with Crippen LogP contribution in [0.15, 0.2) is 66.7 Å². The van der Waals surface area contributed by atoms with Crippen molar-refractivity contribution in [1.82, 2.24) is 10.2 Å². The maximum Gasteiger partial charge on any atom is 0.328 e. The van der Waals surface area contributed by atoms with Crippen LogP contribution in [0.5, 0.6) is 0 Å². The summed E-state index contributed by atoms with van der Waals surface area (Å²) < 4.78 is 0. The first-order valence-electron chi connectivity index (χ1n) is 8.86. The first kappa shape index (κ1) is 21.6. The number of piperazine rings is 1. The number of carboxylic acids is 2. The molecule has 2 aromatic rings. The van der Waals surface area contributed by atoms with Crippen molar-refractivity contribution < 1.29 is 19.8 Å². The second-order valence-electron chi connectivity index (χ2n) is 6.16. The van der Waals surface area contributed by atoms with Crippen LogP contribution < -0.4 is 5.32 Å². The highest BCUT2D eigenvalue weighted by molar-refractivity contribution is 6.30. The molecular formula is C21H23ClN2O4. The third kappa shape index (κ3) is 7.15. The summed E-state index contributed by atoms with van der Waals surface area (Å²) in [7, 11) is 0. The summed E-state index contributed by atoms with van der Waals surface area (Å²) in [6.45, 7) is 4.25. The molecule has 1 aliphatic rings. The number of nitrogens with one attached hydrogen (secondary N) is 1. The van der Waals surface area contributed by atoms with E-state index in [1.807, 2.05) is 12.1 Å². The molecule has 1 atom stereocenters. The lowest BCUT2D eigenvalue weighted by atomic mass is 9.96. The van der Waals surface area contributed by atoms with Crippen molar-refractivity contribution in [3.05, 3.63) is 82.9 Å². The molecule has 1 heterocycles. The van der Waals surface area contributed by atoms with Crippen molar-refractivity contribution in [2.45, 2.75) is 6.04 Å². The number of carboxylic acid groups (broad SMARTS) is 2. The normalized spacial score (nSPS) is 15.5. The van der Waals surface area contributed by atoms with Gasteiger partial charge in [-0.25, -0.2) is 9.59 Å². The standard InChI is InChI=1S/C17H19ClN2.C4H4O4/c18-16-8-6-15(7-9-16)17(14-4-2-1-3-5-14)20-12-10-19-11-13-20;5-3(6)1-2-4(7)8/h1-9,17,19H,10-13H2;1-2H,(H,5,6)(H,7,8)/b;2-1+. The summed E-state index contributed by atoms with van der Waals surface area (Å²) in [6, 6.07) is 19.3. The van der Waals surface area contributed by atoms with Crippen LogP contribution in [0.2, 0.25) is 5.02 Å². The smallest absolute Gasteiger partial charge is 0.328 e. The van der Waals surface area contributed by atoms with Gasteiger partial charge in [0.15, 0.2) is 0 Å². The molecule has 1 saturated heterocycles. The molecule has 1 aliphatic heterocycles. The summed E-state index contributed by atoms with van der Waals surface area (Å²) in [5, 5.41) is 19.8.